The van der Waals surface area contributed by atoms with Crippen LogP contribution in [0.5, 0.6) is 5.75 Å². The Balaban J connectivity index is 1.87. The summed E-state index contributed by atoms with van der Waals surface area (Å²) in [6.45, 7) is 3.97. The van der Waals surface area contributed by atoms with Crippen molar-refractivity contribution < 1.29 is 18.3 Å². The van der Waals surface area contributed by atoms with Crippen molar-refractivity contribution in [3.63, 3.8) is 0 Å². The molecule has 0 radical (unpaired) electrons. The monoisotopic (exact) mass is 409 g/mol. The van der Waals surface area contributed by atoms with Crippen LogP contribution in [0.3, 0.4) is 0 Å². The molecule has 3 rings (SSSR count). The number of rotatable bonds is 7. The lowest BCUT2D eigenvalue weighted by molar-refractivity contribution is 0.203. The first-order valence-electron chi connectivity index (χ1n) is 9.20. The molecule has 1 aromatic carbocycles. The molecule has 0 aliphatic heterocycles. The Morgan fingerprint density at radius 3 is 2.56 bits per heavy atom. The third kappa shape index (κ3) is 4.21. The molecule has 0 bridgehead atoms. The van der Waals surface area contributed by atoms with Crippen LogP contribution in [0.15, 0.2) is 35.2 Å². The molecule has 7 heteroatoms. The number of hydrogen-bond donors (Lipinski definition) is 2. The van der Waals surface area contributed by atoms with Gasteiger partial charge in [-0.25, -0.2) is 13.1 Å². The summed E-state index contributed by atoms with van der Waals surface area (Å²) >= 11 is 1.58. The van der Waals surface area contributed by atoms with Crippen molar-refractivity contribution in [2.24, 2.45) is 0 Å². The number of nitrogens with one attached hydrogen (secondary N) is 1. The normalized spacial score (nSPS) is 17.8. The van der Waals surface area contributed by atoms with Crippen LogP contribution in [0, 0.1) is 6.92 Å². The molecule has 148 valence electrons. The second-order valence-electron chi connectivity index (χ2n) is 7.34. The van der Waals surface area contributed by atoms with Gasteiger partial charge in [0.25, 0.3) is 0 Å². The maximum atomic E-state index is 13.0. The summed E-state index contributed by atoms with van der Waals surface area (Å²) in [6, 6.07) is 9.14. The molecule has 1 unspecified atom stereocenters. The van der Waals surface area contributed by atoms with E-state index in [1.807, 2.05) is 25.1 Å². The van der Waals surface area contributed by atoms with Gasteiger partial charge in [-0.2, -0.15) is 0 Å². The van der Waals surface area contributed by atoms with Gasteiger partial charge in [0, 0.05) is 21.7 Å². The van der Waals surface area contributed by atoms with Gasteiger partial charge in [0.15, 0.2) is 0 Å². The number of ether oxygens (including phenoxy) is 1. The fourth-order valence-electron chi connectivity index (χ4n) is 3.73. The van der Waals surface area contributed by atoms with Crippen molar-refractivity contribution in [3.8, 4) is 5.75 Å². The van der Waals surface area contributed by atoms with E-state index < -0.39 is 16.1 Å². The fraction of sp³-hybridized carbons (Fsp3) is 0.500. The predicted octanol–water partition coefficient (Wildman–Crippen LogP) is 3.91. The van der Waals surface area contributed by atoms with Gasteiger partial charge >= 0.3 is 0 Å². The Hall–Kier alpha value is -1.41. The lowest BCUT2D eigenvalue weighted by Gasteiger charge is -2.28. The second-order valence-corrected chi connectivity index (χ2v) is 10.2. The molecule has 0 amide bonds. The summed E-state index contributed by atoms with van der Waals surface area (Å²) in [7, 11) is -2.21. The van der Waals surface area contributed by atoms with Gasteiger partial charge < -0.3 is 9.84 Å². The zero-order valence-electron chi connectivity index (χ0n) is 16.0. The highest BCUT2D eigenvalue weighted by atomic mass is 32.2. The van der Waals surface area contributed by atoms with Crippen LogP contribution in [-0.4, -0.2) is 27.2 Å². The zero-order valence-corrected chi connectivity index (χ0v) is 17.6. The van der Waals surface area contributed by atoms with Crippen LogP contribution >= 0.6 is 11.3 Å². The molecule has 2 aromatic rings. The Morgan fingerprint density at radius 1 is 1.26 bits per heavy atom. The van der Waals surface area contributed by atoms with Crippen molar-refractivity contribution in [2.75, 3.05) is 13.7 Å². The van der Waals surface area contributed by atoms with E-state index >= 15 is 0 Å². The zero-order chi connectivity index (χ0) is 19.7. The van der Waals surface area contributed by atoms with Crippen LogP contribution in [-0.2, 0) is 15.4 Å². The molecule has 1 aliphatic rings. The number of sulfonamides is 1. The number of benzene rings is 1. The van der Waals surface area contributed by atoms with Gasteiger partial charge in [-0.3, -0.25) is 0 Å². The number of thiophene rings is 1. The van der Waals surface area contributed by atoms with Crippen LogP contribution in [0.2, 0.25) is 0 Å². The van der Waals surface area contributed by atoms with Crippen LogP contribution in [0.25, 0.3) is 0 Å². The molecule has 0 spiro atoms. The van der Waals surface area contributed by atoms with Crippen molar-refractivity contribution >= 4 is 21.4 Å². The van der Waals surface area contributed by atoms with E-state index in [9.17, 15) is 13.5 Å². The van der Waals surface area contributed by atoms with E-state index in [2.05, 4.69) is 4.72 Å². The minimum atomic E-state index is -3.69. The van der Waals surface area contributed by atoms with Gasteiger partial charge in [0.05, 0.1) is 13.2 Å². The molecule has 1 saturated carbocycles. The predicted molar refractivity (Wildman–Crippen MR) is 108 cm³/mol. The average molecular weight is 410 g/mol. The molecule has 1 atom stereocenters. The molecule has 1 aromatic heterocycles. The highest BCUT2D eigenvalue weighted by molar-refractivity contribution is 7.89. The van der Waals surface area contributed by atoms with Crippen LogP contribution in [0.4, 0.5) is 0 Å². The minimum Gasteiger partial charge on any atom is -0.495 e. The molecule has 1 heterocycles. The van der Waals surface area contributed by atoms with Crippen molar-refractivity contribution in [3.05, 3.63) is 45.6 Å². The number of methoxy groups -OCH3 is 1. The van der Waals surface area contributed by atoms with E-state index in [4.69, 9.17) is 4.74 Å². The van der Waals surface area contributed by atoms with E-state index in [1.165, 1.54) is 7.11 Å². The van der Waals surface area contributed by atoms with Crippen molar-refractivity contribution in [1.82, 2.24) is 4.72 Å². The second kappa shape index (κ2) is 7.91. The summed E-state index contributed by atoms with van der Waals surface area (Å²) in [5.41, 5.74) is 0.661. The van der Waals surface area contributed by atoms with Crippen molar-refractivity contribution in [2.45, 2.75) is 55.9 Å². The molecule has 27 heavy (non-hydrogen) atoms. The highest BCUT2D eigenvalue weighted by Crippen LogP contribution is 2.44. The van der Waals surface area contributed by atoms with Gasteiger partial charge in [-0.15, -0.1) is 11.3 Å². The third-order valence-electron chi connectivity index (χ3n) is 5.33. The maximum Gasteiger partial charge on any atom is 0.244 e. The summed E-state index contributed by atoms with van der Waals surface area (Å²) in [6.07, 6.45) is 3.55. The fourth-order valence-corrected chi connectivity index (χ4v) is 6.30. The van der Waals surface area contributed by atoms with E-state index in [1.54, 1.807) is 30.4 Å². The first-order valence-corrected chi connectivity index (χ1v) is 11.5. The molecular formula is C20H27NO4S2. The molecule has 5 nitrogen and oxygen atoms in total. The first-order chi connectivity index (χ1) is 12.8. The average Bonchev–Trinajstić information content (AvgIpc) is 3.30. The summed E-state index contributed by atoms with van der Waals surface area (Å²) in [5.74, 6) is 0.348. The maximum absolute atomic E-state index is 13.0. The van der Waals surface area contributed by atoms with Crippen molar-refractivity contribution in [1.29, 1.82) is 0 Å². The van der Waals surface area contributed by atoms with Crippen LogP contribution < -0.4 is 9.46 Å². The number of aliphatic hydroxyl groups excluding tert-OH is 1. The molecule has 2 N–H and O–H groups in total. The summed E-state index contributed by atoms with van der Waals surface area (Å²) in [5, 5.41) is 9.84. The van der Waals surface area contributed by atoms with Crippen LogP contribution in [0.1, 0.15) is 54.0 Å². The van der Waals surface area contributed by atoms with Gasteiger partial charge in [-0.05, 0) is 56.5 Å². The quantitative estimate of drug-likeness (QED) is 0.727. The minimum absolute atomic E-state index is 0.175. The molecule has 1 fully saturated rings. The van der Waals surface area contributed by atoms with E-state index in [0.717, 1.165) is 41.0 Å². The molecular weight excluding hydrogens is 382 g/mol. The van der Waals surface area contributed by atoms with Gasteiger partial charge in [0.2, 0.25) is 10.0 Å². The summed E-state index contributed by atoms with van der Waals surface area (Å²) in [4.78, 5) is 2.24. The number of aryl methyl sites for hydroxylation is 1. The Bertz CT molecular complexity index is 896. The number of hydrogen-bond acceptors (Lipinski definition) is 5. The standard InChI is InChI=1S/C20H27NO4S2/c1-14-6-7-16(25-3)18(12-14)27(23,24)21-13-20(10-4-5-11-20)19-9-8-17(26-19)15(2)22/h6-9,12,15,21-22H,4-5,10-11,13H2,1-3H3. The topological polar surface area (TPSA) is 75.6 Å². The van der Waals surface area contributed by atoms with E-state index in [0.29, 0.717) is 12.3 Å². The summed E-state index contributed by atoms with van der Waals surface area (Å²) < 4.78 is 34.0. The SMILES string of the molecule is COc1ccc(C)cc1S(=O)(=O)NCC1(c2ccc(C(C)O)s2)CCCC1. The Labute approximate surface area is 165 Å². The molecule has 1 aliphatic carbocycles. The first kappa shape index (κ1) is 20.3. The Kier molecular flexibility index (Phi) is 5.96. The largest absolute Gasteiger partial charge is 0.495 e. The third-order valence-corrected chi connectivity index (χ3v) is 8.26. The lowest BCUT2D eigenvalue weighted by atomic mass is 9.85. The lowest BCUT2D eigenvalue weighted by Crippen LogP contribution is -2.38. The molecule has 0 saturated heterocycles. The number of aliphatic hydroxyl groups is 1. The van der Waals surface area contributed by atoms with Gasteiger partial charge in [-0.1, -0.05) is 18.9 Å². The Morgan fingerprint density at radius 2 is 1.96 bits per heavy atom. The highest BCUT2D eigenvalue weighted by Gasteiger charge is 2.38. The van der Waals surface area contributed by atoms with E-state index in [-0.39, 0.29) is 10.3 Å². The smallest absolute Gasteiger partial charge is 0.244 e. The van der Waals surface area contributed by atoms with Gasteiger partial charge in [0.1, 0.15) is 10.6 Å².